The monoisotopic (exact) mass is 388 g/mol. The number of fused-ring (bicyclic) bond motifs is 1. The van der Waals surface area contributed by atoms with Gasteiger partial charge in [0.25, 0.3) is 6.01 Å². The van der Waals surface area contributed by atoms with E-state index in [1.165, 1.54) is 11.7 Å². The highest BCUT2D eigenvalue weighted by molar-refractivity contribution is 6.55. The average Bonchev–Trinajstić information content (AvgIpc) is 2.87. The van der Waals surface area contributed by atoms with Gasteiger partial charge in [-0.2, -0.15) is 4.98 Å². The molecule has 1 unspecified atom stereocenters. The number of aliphatic hydroxyl groups excluding tert-OH is 2. The molecule has 2 aromatic rings. The van der Waals surface area contributed by atoms with E-state index >= 15 is 0 Å². The van der Waals surface area contributed by atoms with Crippen LogP contribution in [0.1, 0.15) is 6.42 Å². The molecular formula is C12H12Cl4N2O4. The van der Waals surface area contributed by atoms with Gasteiger partial charge in [-0.1, -0.05) is 46.4 Å². The Balaban J connectivity index is 2.52. The lowest BCUT2D eigenvalue weighted by Crippen LogP contribution is -2.16. The summed E-state index contributed by atoms with van der Waals surface area (Å²) in [6.45, 7) is -0.341. The highest BCUT2D eigenvalue weighted by atomic mass is 35.5. The molecule has 0 aliphatic heterocycles. The lowest BCUT2D eigenvalue weighted by Gasteiger charge is -2.14. The Morgan fingerprint density at radius 3 is 2.36 bits per heavy atom. The number of aromatic nitrogens is 2. The largest absolute Gasteiger partial charge is 0.468 e. The zero-order chi connectivity index (χ0) is 16.4. The van der Waals surface area contributed by atoms with Gasteiger partial charge < -0.3 is 19.7 Å². The van der Waals surface area contributed by atoms with E-state index in [-0.39, 0.29) is 45.9 Å². The predicted octanol–water partition coefficient (Wildman–Crippen LogP) is 3.33. The minimum atomic E-state index is -1.15. The Morgan fingerprint density at radius 1 is 1.14 bits per heavy atom. The zero-order valence-electron chi connectivity index (χ0n) is 11.3. The Morgan fingerprint density at radius 2 is 1.77 bits per heavy atom. The number of ether oxygens (including phenoxy) is 2. The third-order valence-corrected chi connectivity index (χ3v) is 4.66. The van der Waals surface area contributed by atoms with Gasteiger partial charge in [0.1, 0.15) is 12.2 Å². The maximum absolute atomic E-state index is 9.54. The molecule has 1 atom stereocenters. The van der Waals surface area contributed by atoms with Gasteiger partial charge in [0.15, 0.2) is 6.29 Å². The third kappa shape index (κ3) is 3.23. The van der Waals surface area contributed by atoms with Gasteiger partial charge in [0, 0.05) is 13.0 Å². The third-order valence-electron chi connectivity index (χ3n) is 2.88. The van der Waals surface area contributed by atoms with E-state index in [1.54, 1.807) is 0 Å². The number of methoxy groups -OCH3 is 1. The van der Waals surface area contributed by atoms with Gasteiger partial charge in [-0.05, 0) is 0 Å². The molecule has 22 heavy (non-hydrogen) atoms. The van der Waals surface area contributed by atoms with E-state index in [9.17, 15) is 5.11 Å². The van der Waals surface area contributed by atoms with E-state index in [1.807, 2.05) is 0 Å². The zero-order valence-corrected chi connectivity index (χ0v) is 14.3. The predicted molar refractivity (Wildman–Crippen MR) is 85.1 cm³/mol. The molecular weight excluding hydrogens is 378 g/mol. The minimum absolute atomic E-state index is 0.0655. The number of imidazole rings is 1. The van der Waals surface area contributed by atoms with Crippen molar-refractivity contribution in [2.24, 2.45) is 0 Å². The van der Waals surface area contributed by atoms with Gasteiger partial charge in [0.05, 0.1) is 32.7 Å². The Labute approximate surface area is 146 Å². The molecule has 10 heteroatoms. The number of rotatable bonds is 6. The van der Waals surface area contributed by atoms with Crippen LogP contribution in [0.3, 0.4) is 0 Å². The lowest BCUT2D eigenvalue weighted by atomic mass is 10.3. The van der Waals surface area contributed by atoms with E-state index < -0.39 is 6.29 Å². The summed E-state index contributed by atoms with van der Waals surface area (Å²) in [5.74, 6) is 0. The van der Waals surface area contributed by atoms with Crippen LogP contribution in [0.2, 0.25) is 20.1 Å². The molecule has 122 valence electrons. The SMILES string of the molecule is COc1nc2c(Cl)c(Cl)c(Cl)c(Cl)c2n1COC(O)CCO. The second kappa shape index (κ2) is 7.40. The van der Waals surface area contributed by atoms with Crippen LogP contribution in [-0.4, -0.2) is 39.8 Å². The summed E-state index contributed by atoms with van der Waals surface area (Å²) < 4.78 is 11.8. The van der Waals surface area contributed by atoms with Crippen molar-refractivity contribution in [3.05, 3.63) is 20.1 Å². The van der Waals surface area contributed by atoms with Gasteiger partial charge >= 0.3 is 0 Å². The molecule has 2 rings (SSSR count). The van der Waals surface area contributed by atoms with Crippen molar-refractivity contribution in [3.8, 4) is 6.01 Å². The molecule has 0 saturated carbocycles. The first-order chi connectivity index (χ1) is 10.4. The number of nitrogens with zero attached hydrogens (tertiary/aromatic N) is 2. The van der Waals surface area contributed by atoms with Crippen LogP contribution in [0.5, 0.6) is 6.01 Å². The summed E-state index contributed by atoms with van der Waals surface area (Å²) in [6, 6.07) is 0.160. The van der Waals surface area contributed by atoms with Crippen molar-refractivity contribution in [1.82, 2.24) is 9.55 Å². The van der Waals surface area contributed by atoms with Crippen molar-refractivity contribution in [3.63, 3.8) is 0 Å². The summed E-state index contributed by atoms with van der Waals surface area (Å²) >= 11 is 24.4. The van der Waals surface area contributed by atoms with E-state index in [0.717, 1.165) is 0 Å². The van der Waals surface area contributed by atoms with E-state index in [4.69, 9.17) is 61.0 Å². The fraction of sp³-hybridized carbons (Fsp3) is 0.417. The van der Waals surface area contributed by atoms with Crippen LogP contribution >= 0.6 is 46.4 Å². The van der Waals surface area contributed by atoms with E-state index in [2.05, 4.69) is 4.98 Å². The molecule has 1 heterocycles. The second-order valence-corrected chi connectivity index (χ2v) is 5.75. The Bertz CT molecular complexity index is 692. The normalized spacial score (nSPS) is 12.9. The number of hydrogen-bond donors (Lipinski definition) is 2. The molecule has 0 radical (unpaired) electrons. The minimum Gasteiger partial charge on any atom is -0.468 e. The van der Waals surface area contributed by atoms with Gasteiger partial charge in [-0.3, -0.25) is 4.57 Å². The fourth-order valence-corrected chi connectivity index (χ4v) is 2.82. The van der Waals surface area contributed by atoms with Crippen molar-refractivity contribution in [2.45, 2.75) is 19.4 Å². The van der Waals surface area contributed by atoms with E-state index in [0.29, 0.717) is 11.0 Å². The maximum Gasteiger partial charge on any atom is 0.299 e. The summed E-state index contributed by atoms with van der Waals surface area (Å²) in [5, 5.41) is 18.8. The molecule has 1 aromatic heterocycles. The van der Waals surface area contributed by atoms with Crippen molar-refractivity contribution in [2.75, 3.05) is 13.7 Å². The first kappa shape index (κ1) is 17.9. The topological polar surface area (TPSA) is 76.7 Å². The number of hydrogen-bond acceptors (Lipinski definition) is 5. The highest BCUT2D eigenvalue weighted by Crippen LogP contribution is 2.43. The number of halogens is 4. The van der Waals surface area contributed by atoms with Crippen LogP contribution in [0.4, 0.5) is 0 Å². The first-order valence-corrected chi connectivity index (χ1v) is 7.60. The van der Waals surface area contributed by atoms with Gasteiger partial charge in [-0.15, -0.1) is 0 Å². The summed E-state index contributed by atoms with van der Waals surface area (Å²) in [5.41, 5.74) is 0.673. The molecule has 2 N–H and O–H groups in total. The lowest BCUT2D eigenvalue weighted by molar-refractivity contribution is -0.133. The molecule has 0 bridgehead atoms. The Hall–Kier alpha value is -0.470. The van der Waals surface area contributed by atoms with Gasteiger partial charge in [-0.25, -0.2) is 0 Å². The number of aliphatic hydroxyl groups is 2. The van der Waals surface area contributed by atoms with Crippen LogP contribution < -0.4 is 4.74 Å². The standard InChI is InChI=1S/C12H12Cl4N2O4/c1-21-12-17-10-8(15)6(13)7(14)9(16)11(10)18(12)4-22-5(20)2-3-19/h5,19-20H,2-4H2,1H3. The second-order valence-electron chi connectivity index (χ2n) is 4.24. The summed E-state index contributed by atoms with van der Waals surface area (Å²) in [6.07, 6.45) is -1.08. The molecule has 0 amide bonds. The summed E-state index contributed by atoms with van der Waals surface area (Å²) in [7, 11) is 1.41. The average molecular weight is 390 g/mol. The fourth-order valence-electron chi connectivity index (χ4n) is 1.84. The van der Waals surface area contributed by atoms with Gasteiger partial charge in [0.2, 0.25) is 0 Å². The van der Waals surface area contributed by atoms with Crippen LogP contribution in [-0.2, 0) is 11.5 Å². The molecule has 0 fully saturated rings. The molecule has 0 saturated heterocycles. The Kier molecular flexibility index (Phi) is 6.01. The van der Waals surface area contributed by atoms with Crippen molar-refractivity contribution < 1.29 is 19.7 Å². The van der Waals surface area contributed by atoms with Crippen molar-refractivity contribution >= 4 is 57.4 Å². The van der Waals surface area contributed by atoms with Crippen molar-refractivity contribution in [1.29, 1.82) is 0 Å². The molecule has 0 aliphatic carbocycles. The smallest absolute Gasteiger partial charge is 0.299 e. The highest BCUT2D eigenvalue weighted by Gasteiger charge is 2.23. The van der Waals surface area contributed by atoms with Crippen LogP contribution in [0.25, 0.3) is 11.0 Å². The molecule has 0 spiro atoms. The first-order valence-electron chi connectivity index (χ1n) is 6.09. The molecule has 0 aliphatic rings. The quantitative estimate of drug-likeness (QED) is 0.450. The van der Waals surface area contributed by atoms with Crippen LogP contribution in [0.15, 0.2) is 0 Å². The van der Waals surface area contributed by atoms with Crippen LogP contribution in [0, 0.1) is 0 Å². The molecule has 1 aromatic carbocycles. The molecule has 6 nitrogen and oxygen atoms in total. The maximum atomic E-state index is 9.54. The summed E-state index contributed by atoms with van der Waals surface area (Å²) in [4.78, 5) is 4.19. The number of benzene rings is 1.